The lowest BCUT2D eigenvalue weighted by Crippen LogP contribution is -2.39. The van der Waals surface area contributed by atoms with Crippen LogP contribution in [0.1, 0.15) is 27.8 Å². The van der Waals surface area contributed by atoms with Gasteiger partial charge in [-0.2, -0.15) is 5.10 Å². The Labute approximate surface area is 158 Å². The Morgan fingerprint density at radius 1 is 1.48 bits per heavy atom. The van der Waals surface area contributed by atoms with Crippen LogP contribution in [0.3, 0.4) is 0 Å². The van der Waals surface area contributed by atoms with Gasteiger partial charge in [0, 0.05) is 50.4 Å². The number of halogens is 1. The van der Waals surface area contributed by atoms with Gasteiger partial charge in [0.05, 0.1) is 12.7 Å². The number of nitrogens with zero attached hydrogens (tertiary/aromatic N) is 5. The first-order valence-electron chi connectivity index (χ1n) is 7.51. The molecule has 0 aromatic carbocycles. The third-order valence-electron chi connectivity index (χ3n) is 3.96. The van der Waals surface area contributed by atoms with Crippen LogP contribution in [0, 0.1) is 6.92 Å². The van der Waals surface area contributed by atoms with E-state index in [1.54, 1.807) is 11.3 Å². The molecule has 2 aromatic heterocycles. The maximum atomic E-state index is 4.41. The van der Waals surface area contributed by atoms with E-state index >= 15 is 0 Å². The second-order valence-electron chi connectivity index (χ2n) is 5.64. The average molecular weight is 446 g/mol. The minimum absolute atomic E-state index is 0. The summed E-state index contributed by atoms with van der Waals surface area (Å²) in [5.74, 6) is 1.49. The third-order valence-corrected chi connectivity index (χ3v) is 4.88. The van der Waals surface area contributed by atoms with Gasteiger partial charge in [-0.05, 0) is 18.9 Å². The van der Waals surface area contributed by atoms with Crippen LogP contribution in [0.25, 0.3) is 0 Å². The number of hydrogen-bond acceptors (Lipinski definition) is 4. The zero-order valence-corrected chi connectivity index (χ0v) is 16.8. The van der Waals surface area contributed by atoms with Gasteiger partial charge in [-0.15, -0.1) is 35.3 Å². The Hall–Kier alpha value is -1.16. The van der Waals surface area contributed by atoms with Gasteiger partial charge >= 0.3 is 0 Å². The van der Waals surface area contributed by atoms with Crippen LogP contribution in [0.2, 0.25) is 0 Å². The third kappa shape index (κ3) is 4.43. The number of guanidine groups is 1. The Balaban J connectivity index is 0.00000192. The van der Waals surface area contributed by atoms with Gasteiger partial charge in [0.1, 0.15) is 5.01 Å². The van der Waals surface area contributed by atoms with E-state index in [2.05, 4.69) is 38.4 Å². The first-order valence-corrected chi connectivity index (χ1v) is 8.33. The summed E-state index contributed by atoms with van der Waals surface area (Å²) < 4.78 is 1.87. The van der Waals surface area contributed by atoms with E-state index in [4.69, 9.17) is 0 Å². The van der Waals surface area contributed by atoms with Gasteiger partial charge in [0.15, 0.2) is 5.96 Å². The Morgan fingerprint density at radius 2 is 2.30 bits per heavy atom. The summed E-state index contributed by atoms with van der Waals surface area (Å²) in [6.45, 7) is 4.83. The summed E-state index contributed by atoms with van der Waals surface area (Å²) in [6.07, 6.45) is 7.15. The van der Waals surface area contributed by atoms with Crippen molar-refractivity contribution in [3.05, 3.63) is 34.0 Å². The van der Waals surface area contributed by atoms with Crippen molar-refractivity contribution in [2.45, 2.75) is 25.8 Å². The molecule has 1 fully saturated rings. The normalized spacial score (nSPS) is 18.1. The van der Waals surface area contributed by atoms with Crippen molar-refractivity contribution >= 4 is 41.3 Å². The second kappa shape index (κ2) is 8.09. The highest BCUT2D eigenvalue weighted by molar-refractivity contribution is 14.0. The summed E-state index contributed by atoms with van der Waals surface area (Å²) in [6, 6.07) is 0. The fourth-order valence-corrected chi connectivity index (χ4v) is 3.57. The molecule has 1 saturated heterocycles. The number of aryl methyl sites for hydroxylation is 2. The highest BCUT2D eigenvalue weighted by atomic mass is 127. The summed E-state index contributed by atoms with van der Waals surface area (Å²) in [5.41, 5.74) is 1.32. The van der Waals surface area contributed by atoms with Crippen molar-refractivity contribution < 1.29 is 0 Å². The van der Waals surface area contributed by atoms with Crippen molar-refractivity contribution in [3.63, 3.8) is 0 Å². The van der Waals surface area contributed by atoms with Crippen LogP contribution >= 0.6 is 35.3 Å². The quantitative estimate of drug-likeness (QED) is 0.447. The van der Waals surface area contributed by atoms with E-state index < -0.39 is 0 Å². The molecule has 1 unspecified atom stereocenters. The van der Waals surface area contributed by atoms with E-state index in [1.807, 2.05) is 31.2 Å². The van der Waals surface area contributed by atoms with Gasteiger partial charge in [0.25, 0.3) is 0 Å². The molecule has 8 heteroatoms. The molecule has 6 nitrogen and oxygen atoms in total. The Bertz CT molecular complexity index is 664. The molecule has 1 aliphatic heterocycles. The smallest absolute Gasteiger partial charge is 0.194 e. The lowest BCUT2D eigenvalue weighted by atomic mass is 10.0. The Kier molecular flexibility index (Phi) is 6.40. The fourth-order valence-electron chi connectivity index (χ4n) is 2.85. The molecule has 126 valence electrons. The van der Waals surface area contributed by atoms with E-state index in [0.29, 0.717) is 5.92 Å². The van der Waals surface area contributed by atoms with Crippen LogP contribution in [0.15, 0.2) is 23.6 Å². The fraction of sp³-hybridized carbons (Fsp3) is 0.533. The standard InChI is InChI=1S/C15H22N6S.HI/c1-11-6-17-14(22-11)8-18-15(16-2)21-5-4-12(10-21)13-7-19-20(3)9-13;/h6-7,9,12H,4-5,8,10H2,1-3H3,(H,16,18);1H. The largest absolute Gasteiger partial charge is 0.350 e. The minimum Gasteiger partial charge on any atom is -0.350 e. The molecule has 1 aliphatic rings. The molecule has 2 aromatic rings. The number of thiazole rings is 1. The number of nitrogens with one attached hydrogen (secondary N) is 1. The van der Waals surface area contributed by atoms with Gasteiger partial charge in [0.2, 0.25) is 0 Å². The molecule has 0 aliphatic carbocycles. The number of likely N-dealkylation sites (tertiary alicyclic amines) is 1. The number of hydrogen-bond donors (Lipinski definition) is 1. The summed E-state index contributed by atoms with van der Waals surface area (Å²) in [7, 11) is 3.81. The maximum absolute atomic E-state index is 4.41. The first-order chi connectivity index (χ1) is 10.7. The SMILES string of the molecule is CN=C(NCc1ncc(C)s1)N1CCC(c2cnn(C)c2)C1.I. The summed E-state index contributed by atoms with van der Waals surface area (Å²) in [5, 5.41) is 8.79. The van der Waals surface area contributed by atoms with E-state index in [9.17, 15) is 0 Å². The molecule has 23 heavy (non-hydrogen) atoms. The topological polar surface area (TPSA) is 58.3 Å². The maximum Gasteiger partial charge on any atom is 0.194 e. The predicted octanol–water partition coefficient (Wildman–Crippen LogP) is 2.37. The monoisotopic (exact) mass is 446 g/mol. The number of rotatable bonds is 3. The molecular formula is C15H23IN6S. The lowest BCUT2D eigenvalue weighted by molar-refractivity contribution is 0.485. The molecule has 0 saturated carbocycles. The molecule has 1 N–H and O–H groups in total. The average Bonchev–Trinajstić information content (AvgIpc) is 3.21. The van der Waals surface area contributed by atoms with E-state index in [-0.39, 0.29) is 24.0 Å². The molecular weight excluding hydrogens is 423 g/mol. The van der Waals surface area contributed by atoms with Crippen molar-refractivity contribution in [1.82, 2.24) is 25.0 Å². The molecule has 1 atom stereocenters. The van der Waals surface area contributed by atoms with Crippen LogP contribution in [0.4, 0.5) is 0 Å². The number of aliphatic imine (C=N–C) groups is 1. The lowest BCUT2D eigenvalue weighted by Gasteiger charge is -2.21. The second-order valence-corrected chi connectivity index (χ2v) is 6.96. The minimum atomic E-state index is 0. The molecule has 0 radical (unpaired) electrons. The van der Waals surface area contributed by atoms with Crippen LogP contribution in [-0.4, -0.2) is 45.8 Å². The van der Waals surface area contributed by atoms with Crippen LogP contribution in [-0.2, 0) is 13.6 Å². The highest BCUT2D eigenvalue weighted by Crippen LogP contribution is 2.26. The molecule has 0 bridgehead atoms. The summed E-state index contributed by atoms with van der Waals surface area (Å²) in [4.78, 5) is 12.4. The van der Waals surface area contributed by atoms with E-state index in [0.717, 1.165) is 37.0 Å². The predicted molar refractivity (Wildman–Crippen MR) is 105 cm³/mol. The Morgan fingerprint density at radius 3 is 2.91 bits per heavy atom. The van der Waals surface area contributed by atoms with Crippen molar-refractivity contribution in [3.8, 4) is 0 Å². The van der Waals surface area contributed by atoms with Crippen molar-refractivity contribution in [2.75, 3.05) is 20.1 Å². The first kappa shape index (κ1) is 18.2. The molecule has 3 rings (SSSR count). The molecule has 0 spiro atoms. The zero-order valence-electron chi connectivity index (χ0n) is 13.7. The summed E-state index contributed by atoms with van der Waals surface area (Å²) >= 11 is 1.72. The van der Waals surface area contributed by atoms with E-state index in [1.165, 1.54) is 10.4 Å². The van der Waals surface area contributed by atoms with Gasteiger partial charge in [-0.3, -0.25) is 9.67 Å². The van der Waals surface area contributed by atoms with Crippen molar-refractivity contribution in [2.24, 2.45) is 12.0 Å². The van der Waals surface area contributed by atoms with Gasteiger partial charge < -0.3 is 10.2 Å². The highest BCUT2D eigenvalue weighted by Gasteiger charge is 2.26. The zero-order chi connectivity index (χ0) is 15.5. The van der Waals surface area contributed by atoms with Crippen molar-refractivity contribution in [1.29, 1.82) is 0 Å². The molecule has 0 amide bonds. The molecule has 3 heterocycles. The van der Waals surface area contributed by atoms with Crippen LogP contribution < -0.4 is 5.32 Å². The van der Waals surface area contributed by atoms with Gasteiger partial charge in [-0.25, -0.2) is 4.98 Å². The van der Waals surface area contributed by atoms with Gasteiger partial charge in [-0.1, -0.05) is 0 Å². The number of aromatic nitrogens is 3. The van der Waals surface area contributed by atoms with Crippen LogP contribution in [0.5, 0.6) is 0 Å².